The summed E-state index contributed by atoms with van der Waals surface area (Å²) in [6, 6.07) is 62.1. The molecule has 0 saturated carbocycles. The normalized spacial score (nSPS) is 11.9. The molecule has 10 aromatic carbocycles. The molecule has 2 aromatic heterocycles. The summed E-state index contributed by atoms with van der Waals surface area (Å²) in [6.45, 7) is 0. The molecule has 0 bridgehead atoms. The molecular formula is C61H35F7N2. The fraction of sp³-hybridized carbons (Fsp3) is 0.0164. The van der Waals surface area contributed by atoms with Gasteiger partial charge in [-0.25, -0.2) is 17.6 Å². The lowest BCUT2D eigenvalue weighted by Gasteiger charge is -2.23. The highest BCUT2D eigenvalue weighted by Crippen LogP contribution is 2.48. The Morgan fingerprint density at radius 1 is 0.286 bits per heavy atom. The van der Waals surface area contributed by atoms with Crippen LogP contribution < -0.4 is 0 Å². The van der Waals surface area contributed by atoms with Gasteiger partial charge in [-0.3, -0.25) is 0 Å². The number of fused-ring (bicyclic) bond motifs is 6. The van der Waals surface area contributed by atoms with Crippen LogP contribution in [-0.4, -0.2) is 9.13 Å². The van der Waals surface area contributed by atoms with E-state index in [9.17, 15) is 0 Å². The van der Waals surface area contributed by atoms with Crippen molar-refractivity contribution < 1.29 is 30.7 Å². The number of hydrogen-bond donors (Lipinski definition) is 0. The minimum atomic E-state index is -5.14. The van der Waals surface area contributed by atoms with Crippen molar-refractivity contribution in [2.45, 2.75) is 6.18 Å². The van der Waals surface area contributed by atoms with Gasteiger partial charge in [0, 0.05) is 27.6 Å². The predicted octanol–water partition coefficient (Wildman–Crippen LogP) is 17.8. The maximum Gasteiger partial charge on any atom is 0.420 e. The fourth-order valence-electron chi connectivity index (χ4n) is 10.0. The molecule has 0 aliphatic heterocycles. The summed E-state index contributed by atoms with van der Waals surface area (Å²) < 4.78 is 116. The van der Waals surface area contributed by atoms with E-state index in [4.69, 9.17) is 0 Å². The summed E-state index contributed by atoms with van der Waals surface area (Å²) >= 11 is 0. The minimum Gasteiger partial charge on any atom is -0.309 e. The first-order valence-electron chi connectivity index (χ1n) is 22.5. The number of hydrogen-bond acceptors (Lipinski definition) is 0. The number of alkyl halides is 3. The maximum absolute atomic E-state index is 16.8. The lowest BCUT2D eigenvalue weighted by atomic mass is 9.97. The Hall–Kier alpha value is -8.69. The Kier molecular flexibility index (Phi) is 10.1. The first-order chi connectivity index (χ1) is 34.0. The summed E-state index contributed by atoms with van der Waals surface area (Å²) in [5.74, 6) is -6.90. The quantitative estimate of drug-likeness (QED) is 0.111. The first-order valence-corrected chi connectivity index (χ1v) is 22.5. The summed E-state index contributed by atoms with van der Waals surface area (Å²) in [5, 5.41) is 2.40. The molecule has 0 fully saturated rings. The molecule has 12 aromatic rings. The van der Waals surface area contributed by atoms with E-state index in [-0.39, 0.29) is 6.07 Å². The molecule has 0 amide bonds. The van der Waals surface area contributed by atoms with E-state index in [1.165, 1.54) is 9.13 Å². The van der Waals surface area contributed by atoms with Crippen molar-refractivity contribution in [1.82, 2.24) is 9.13 Å². The van der Waals surface area contributed by atoms with Gasteiger partial charge in [-0.2, -0.15) is 13.2 Å². The smallest absolute Gasteiger partial charge is 0.309 e. The third-order valence-electron chi connectivity index (χ3n) is 13.2. The summed E-state index contributed by atoms with van der Waals surface area (Å²) in [7, 11) is 0. The zero-order chi connectivity index (χ0) is 47.8. The summed E-state index contributed by atoms with van der Waals surface area (Å²) in [4.78, 5) is 0. The molecule has 0 spiro atoms. The Balaban J connectivity index is 1.24. The third-order valence-corrected chi connectivity index (χ3v) is 13.2. The zero-order valence-corrected chi connectivity index (χ0v) is 36.7. The van der Waals surface area contributed by atoms with E-state index < -0.39 is 57.5 Å². The highest BCUT2D eigenvalue weighted by atomic mass is 19.4. The molecule has 2 heterocycles. The predicted molar refractivity (Wildman–Crippen MR) is 267 cm³/mol. The van der Waals surface area contributed by atoms with Crippen LogP contribution in [0, 0.1) is 23.3 Å². The van der Waals surface area contributed by atoms with Crippen LogP contribution in [-0.2, 0) is 6.18 Å². The minimum absolute atomic E-state index is 0.0866. The first kappa shape index (κ1) is 42.6. The fourth-order valence-corrected chi connectivity index (χ4v) is 10.0. The van der Waals surface area contributed by atoms with E-state index in [0.29, 0.717) is 43.6 Å². The van der Waals surface area contributed by atoms with E-state index in [1.807, 2.05) is 170 Å². The molecule has 0 radical (unpaired) electrons. The van der Waals surface area contributed by atoms with Crippen LogP contribution in [0.15, 0.2) is 212 Å². The van der Waals surface area contributed by atoms with Crippen LogP contribution in [0.2, 0.25) is 0 Å². The lowest BCUT2D eigenvalue weighted by molar-refractivity contribution is -0.137. The molecule has 0 aliphatic rings. The van der Waals surface area contributed by atoms with Gasteiger partial charge < -0.3 is 9.13 Å². The van der Waals surface area contributed by atoms with Crippen LogP contribution in [0.5, 0.6) is 0 Å². The molecule has 0 saturated heterocycles. The molecule has 338 valence electrons. The van der Waals surface area contributed by atoms with Crippen LogP contribution in [0.25, 0.3) is 111 Å². The van der Waals surface area contributed by atoms with Crippen LogP contribution in [0.3, 0.4) is 0 Å². The van der Waals surface area contributed by atoms with Gasteiger partial charge in [0.1, 0.15) is 5.56 Å². The van der Waals surface area contributed by atoms with Crippen molar-refractivity contribution in [1.29, 1.82) is 0 Å². The molecular weight excluding hydrogens is 894 g/mol. The average molecular weight is 929 g/mol. The average Bonchev–Trinajstić information content (AvgIpc) is 3.90. The second-order valence-corrected chi connectivity index (χ2v) is 17.3. The second-order valence-electron chi connectivity index (χ2n) is 17.3. The number of rotatable bonds is 7. The number of aromatic nitrogens is 2. The van der Waals surface area contributed by atoms with Crippen LogP contribution in [0.1, 0.15) is 5.56 Å². The van der Waals surface area contributed by atoms with E-state index >= 15 is 30.7 Å². The van der Waals surface area contributed by atoms with Gasteiger partial charge in [0.15, 0.2) is 23.3 Å². The Morgan fingerprint density at radius 2 is 0.571 bits per heavy atom. The highest BCUT2D eigenvalue weighted by Gasteiger charge is 2.40. The van der Waals surface area contributed by atoms with Gasteiger partial charge in [0.25, 0.3) is 0 Å². The summed E-state index contributed by atoms with van der Waals surface area (Å²) in [6.07, 6.45) is -5.14. The van der Waals surface area contributed by atoms with E-state index in [0.717, 1.165) is 56.6 Å². The molecule has 0 aliphatic carbocycles. The van der Waals surface area contributed by atoms with Gasteiger partial charge in [-0.15, -0.1) is 0 Å². The molecule has 12 rings (SSSR count). The van der Waals surface area contributed by atoms with Crippen molar-refractivity contribution in [2.24, 2.45) is 0 Å². The number of nitrogens with zero attached hydrogens (tertiary/aromatic N) is 2. The van der Waals surface area contributed by atoms with Gasteiger partial charge >= 0.3 is 6.18 Å². The van der Waals surface area contributed by atoms with Crippen molar-refractivity contribution in [3.05, 3.63) is 241 Å². The third kappa shape index (κ3) is 7.03. The largest absolute Gasteiger partial charge is 0.420 e. The van der Waals surface area contributed by atoms with Crippen molar-refractivity contribution in [3.8, 4) is 67.0 Å². The van der Waals surface area contributed by atoms with Gasteiger partial charge in [-0.05, 0) is 111 Å². The van der Waals surface area contributed by atoms with Crippen LogP contribution >= 0.6 is 0 Å². The van der Waals surface area contributed by atoms with Crippen molar-refractivity contribution in [2.75, 3.05) is 0 Å². The Bertz CT molecular complexity index is 3570. The molecule has 2 nitrogen and oxygen atoms in total. The topological polar surface area (TPSA) is 9.86 Å². The van der Waals surface area contributed by atoms with E-state index in [2.05, 4.69) is 0 Å². The molecule has 0 atom stereocenters. The van der Waals surface area contributed by atoms with Crippen LogP contribution in [0.4, 0.5) is 30.7 Å². The second kappa shape index (κ2) is 16.5. The Labute approximate surface area is 396 Å². The highest BCUT2D eigenvalue weighted by molar-refractivity contribution is 6.13. The molecule has 0 unspecified atom stereocenters. The summed E-state index contributed by atoms with van der Waals surface area (Å²) in [5.41, 5.74) is 4.28. The van der Waals surface area contributed by atoms with Gasteiger partial charge in [0.05, 0.1) is 39.0 Å². The lowest BCUT2D eigenvalue weighted by Crippen LogP contribution is -2.16. The van der Waals surface area contributed by atoms with Gasteiger partial charge in [-0.1, -0.05) is 146 Å². The van der Waals surface area contributed by atoms with Crippen molar-refractivity contribution >= 4 is 43.6 Å². The maximum atomic E-state index is 16.8. The zero-order valence-electron chi connectivity index (χ0n) is 36.7. The number of benzene rings is 10. The van der Waals surface area contributed by atoms with E-state index in [1.54, 1.807) is 24.3 Å². The standard InChI is InChI=1S/C61H35F7N2/c62-49-35-50(63)60(65)57(59(49)64)44-33-55(69-51-25-21-40(36-13-5-1-6-14-36)29-45(51)46-30-41(22-26-52(46)69)37-15-7-2-8-16-37)58(61(66,67)68)56(34-44)70-53-27-23-42(38-17-9-3-10-18-38)31-47(53)48-32-43(24-28-54(48)70)39-19-11-4-12-20-39/h1-35H. The molecule has 9 heteroatoms. The SMILES string of the molecule is Fc1cc(F)c(F)c(-c2cc(-n3c4ccc(-c5ccccc5)cc4c4cc(-c5ccccc5)ccc43)c(C(F)(F)F)c(-n3c4ccc(-c5ccccc5)cc4c4cc(-c5ccccc5)ccc43)c2)c1F. The monoisotopic (exact) mass is 928 g/mol. The van der Waals surface area contributed by atoms with Gasteiger partial charge in [0.2, 0.25) is 0 Å². The Morgan fingerprint density at radius 3 is 0.843 bits per heavy atom. The van der Waals surface area contributed by atoms with Crippen molar-refractivity contribution in [3.63, 3.8) is 0 Å². The molecule has 70 heavy (non-hydrogen) atoms. The number of halogens is 7. The molecule has 0 N–H and O–H groups in total.